The number of aromatic nitrogens is 1. The van der Waals surface area contributed by atoms with Gasteiger partial charge in [-0.3, -0.25) is 0 Å². The number of thiazole rings is 1. The summed E-state index contributed by atoms with van der Waals surface area (Å²) in [5.74, 6) is 0. The molecule has 1 fully saturated rings. The van der Waals surface area contributed by atoms with Crippen LogP contribution in [-0.4, -0.2) is 59.7 Å². The van der Waals surface area contributed by atoms with Gasteiger partial charge in [0, 0.05) is 32.7 Å². The fourth-order valence-corrected chi connectivity index (χ4v) is 2.96. The summed E-state index contributed by atoms with van der Waals surface area (Å²) in [6.07, 6.45) is 0.467. The number of piperazine rings is 1. The van der Waals surface area contributed by atoms with Crippen LogP contribution in [0.25, 0.3) is 0 Å². The molecule has 1 aromatic rings. The van der Waals surface area contributed by atoms with Gasteiger partial charge in [0.2, 0.25) is 0 Å². The molecule has 17 heavy (non-hydrogen) atoms. The number of aryl methyl sites for hydroxylation is 1. The maximum Gasteiger partial charge on any atom is 0.0912 e. The predicted octanol–water partition coefficient (Wildman–Crippen LogP) is 1.12. The van der Waals surface area contributed by atoms with Crippen molar-refractivity contribution < 1.29 is 5.11 Å². The second-order valence-corrected chi connectivity index (χ2v) is 5.64. The van der Waals surface area contributed by atoms with Crippen molar-refractivity contribution in [3.8, 4) is 0 Å². The fraction of sp³-hybridized carbons (Fsp3) is 0.750. The van der Waals surface area contributed by atoms with Gasteiger partial charge in [-0.15, -0.1) is 11.3 Å². The van der Waals surface area contributed by atoms with Gasteiger partial charge < -0.3 is 14.9 Å². The summed E-state index contributed by atoms with van der Waals surface area (Å²) in [6.45, 7) is 7.44. The first kappa shape index (κ1) is 13.0. The minimum Gasteiger partial charge on any atom is -0.387 e. The Kier molecular flexibility index (Phi) is 4.50. The molecule has 1 aliphatic heterocycles. The lowest BCUT2D eigenvalue weighted by molar-refractivity contribution is 0.114. The first-order chi connectivity index (χ1) is 8.16. The normalized spacial score (nSPS) is 20.6. The van der Waals surface area contributed by atoms with E-state index in [1.165, 1.54) is 0 Å². The Balaban J connectivity index is 1.77. The first-order valence-electron chi connectivity index (χ1n) is 6.16. The largest absolute Gasteiger partial charge is 0.387 e. The lowest BCUT2D eigenvalue weighted by atomic mass is 10.2. The summed E-state index contributed by atoms with van der Waals surface area (Å²) in [5.41, 5.74) is 2.78. The Hall–Kier alpha value is -0.490. The minimum absolute atomic E-state index is 0.345. The van der Waals surface area contributed by atoms with Gasteiger partial charge in [0.05, 0.1) is 22.2 Å². The average Bonchev–Trinajstić information content (AvgIpc) is 2.74. The highest BCUT2D eigenvalue weighted by Crippen LogP contribution is 2.24. The zero-order valence-corrected chi connectivity index (χ0v) is 11.4. The van der Waals surface area contributed by atoms with E-state index in [0.717, 1.165) is 49.7 Å². The van der Waals surface area contributed by atoms with Gasteiger partial charge in [0.25, 0.3) is 0 Å². The second kappa shape index (κ2) is 5.91. The van der Waals surface area contributed by atoms with E-state index >= 15 is 0 Å². The summed E-state index contributed by atoms with van der Waals surface area (Å²) in [5, 5.41) is 10.1. The van der Waals surface area contributed by atoms with Gasteiger partial charge in [0.1, 0.15) is 0 Å². The van der Waals surface area contributed by atoms with Crippen molar-refractivity contribution in [1.82, 2.24) is 14.8 Å². The standard InChI is InChI=1S/C12H21N3OS/c1-10-12(17-9-13-10)11(16)3-4-15-7-5-14(2)6-8-15/h9,11,16H,3-8H2,1-2H3. The van der Waals surface area contributed by atoms with E-state index < -0.39 is 0 Å². The van der Waals surface area contributed by atoms with Gasteiger partial charge >= 0.3 is 0 Å². The summed E-state index contributed by atoms with van der Waals surface area (Å²) >= 11 is 1.56. The van der Waals surface area contributed by atoms with Crippen LogP contribution in [0.15, 0.2) is 5.51 Å². The third kappa shape index (κ3) is 3.48. The maximum absolute atomic E-state index is 10.1. The summed E-state index contributed by atoms with van der Waals surface area (Å²) in [6, 6.07) is 0. The highest BCUT2D eigenvalue weighted by Gasteiger charge is 2.17. The molecule has 1 aliphatic rings. The SMILES string of the molecule is Cc1ncsc1C(O)CCN1CCN(C)CC1. The predicted molar refractivity (Wildman–Crippen MR) is 70.4 cm³/mol. The van der Waals surface area contributed by atoms with Crippen molar-refractivity contribution in [1.29, 1.82) is 0 Å². The van der Waals surface area contributed by atoms with E-state index in [1.807, 2.05) is 12.4 Å². The van der Waals surface area contributed by atoms with Crippen molar-refractivity contribution in [3.63, 3.8) is 0 Å². The first-order valence-corrected chi connectivity index (χ1v) is 7.03. The third-order valence-electron chi connectivity index (χ3n) is 3.40. The van der Waals surface area contributed by atoms with E-state index in [1.54, 1.807) is 11.3 Å². The number of aliphatic hydroxyl groups is 1. The van der Waals surface area contributed by atoms with Crippen molar-refractivity contribution in [2.24, 2.45) is 0 Å². The zero-order chi connectivity index (χ0) is 12.3. The van der Waals surface area contributed by atoms with Crippen LogP contribution >= 0.6 is 11.3 Å². The van der Waals surface area contributed by atoms with Gasteiger partial charge in [-0.05, 0) is 20.4 Å². The molecule has 2 rings (SSSR count). The smallest absolute Gasteiger partial charge is 0.0912 e. The molecule has 0 aromatic carbocycles. The number of rotatable bonds is 4. The van der Waals surface area contributed by atoms with Gasteiger partial charge in [-0.2, -0.15) is 0 Å². The van der Waals surface area contributed by atoms with Gasteiger partial charge in [-0.1, -0.05) is 0 Å². The number of aliphatic hydroxyl groups excluding tert-OH is 1. The monoisotopic (exact) mass is 255 g/mol. The molecule has 1 unspecified atom stereocenters. The number of likely N-dealkylation sites (N-methyl/N-ethyl adjacent to an activating group) is 1. The molecule has 0 bridgehead atoms. The molecule has 0 radical (unpaired) electrons. The van der Waals surface area contributed by atoms with Crippen molar-refractivity contribution in [2.75, 3.05) is 39.8 Å². The number of nitrogens with zero attached hydrogens (tertiary/aromatic N) is 3. The molecule has 0 spiro atoms. The van der Waals surface area contributed by atoms with Crippen LogP contribution in [0.2, 0.25) is 0 Å². The van der Waals surface area contributed by atoms with Crippen LogP contribution in [0.5, 0.6) is 0 Å². The summed E-state index contributed by atoms with van der Waals surface area (Å²) < 4.78 is 0. The van der Waals surface area contributed by atoms with E-state index in [2.05, 4.69) is 21.8 Å². The van der Waals surface area contributed by atoms with Gasteiger partial charge in [0.15, 0.2) is 0 Å². The molecule has 96 valence electrons. The molecular weight excluding hydrogens is 234 g/mol. The van der Waals surface area contributed by atoms with Crippen LogP contribution in [-0.2, 0) is 0 Å². The van der Waals surface area contributed by atoms with E-state index in [4.69, 9.17) is 0 Å². The highest BCUT2D eigenvalue weighted by molar-refractivity contribution is 7.09. The van der Waals surface area contributed by atoms with Crippen LogP contribution in [0.4, 0.5) is 0 Å². The molecule has 0 aliphatic carbocycles. The molecule has 1 atom stereocenters. The van der Waals surface area contributed by atoms with E-state index in [-0.39, 0.29) is 6.10 Å². The molecule has 2 heterocycles. The Morgan fingerprint density at radius 2 is 2.12 bits per heavy atom. The third-order valence-corrected chi connectivity index (χ3v) is 4.43. The number of hydrogen-bond donors (Lipinski definition) is 1. The molecule has 0 saturated carbocycles. The van der Waals surface area contributed by atoms with Crippen LogP contribution < -0.4 is 0 Å². The fourth-order valence-electron chi connectivity index (χ4n) is 2.14. The molecule has 5 heteroatoms. The van der Waals surface area contributed by atoms with Crippen LogP contribution in [0, 0.1) is 6.92 Å². The molecular formula is C12H21N3OS. The van der Waals surface area contributed by atoms with E-state index in [9.17, 15) is 5.11 Å². The van der Waals surface area contributed by atoms with Gasteiger partial charge in [-0.25, -0.2) is 4.98 Å². The van der Waals surface area contributed by atoms with E-state index in [0.29, 0.717) is 0 Å². The summed E-state index contributed by atoms with van der Waals surface area (Å²) in [7, 11) is 2.16. The highest BCUT2D eigenvalue weighted by atomic mass is 32.1. The number of hydrogen-bond acceptors (Lipinski definition) is 5. The second-order valence-electron chi connectivity index (χ2n) is 4.75. The molecule has 1 saturated heterocycles. The molecule has 4 nitrogen and oxygen atoms in total. The maximum atomic E-state index is 10.1. The molecule has 1 aromatic heterocycles. The Bertz CT molecular complexity index is 347. The quantitative estimate of drug-likeness (QED) is 0.875. The zero-order valence-electron chi connectivity index (χ0n) is 10.6. The van der Waals surface area contributed by atoms with Crippen LogP contribution in [0.1, 0.15) is 23.1 Å². The topological polar surface area (TPSA) is 39.6 Å². The lowest BCUT2D eigenvalue weighted by Gasteiger charge is -2.32. The minimum atomic E-state index is -0.345. The van der Waals surface area contributed by atoms with Crippen LogP contribution in [0.3, 0.4) is 0 Å². The molecule has 0 amide bonds. The Labute approximate surface area is 107 Å². The Morgan fingerprint density at radius 1 is 1.41 bits per heavy atom. The lowest BCUT2D eigenvalue weighted by Crippen LogP contribution is -2.44. The molecule has 1 N–H and O–H groups in total. The summed E-state index contributed by atoms with van der Waals surface area (Å²) in [4.78, 5) is 9.99. The van der Waals surface area contributed by atoms with Crippen molar-refractivity contribution in [2.45, 2.75) is 19.4 Å². The van der Waals surface area contributed by atoms with Crippen molar-refractivity contribution >= 4 is 11.3 Å². The average molecular weight is 255 g/mol. The van der Waals surface area contributed by atoms with Crippen molar-refractivity contribution in [3.05, 3.63) is 16.1 Å². The Morgan fingerprint density at radius 3 is 2.71 bits per heavy atom.